The van der Waals surface area contributed by atoms with Gasteiger partial charge < -0.3 is 19.5 Å². The number of ether oxygens (including phenoxy) is 3. The largest absolute Gasteiger partial charge is 0.496 e. The number of benzene rings is 3. The summed E-state index contributed by atoms with van der Waals surface area (Å²) in [6.45, 7) is 6.19. The maximum atomic E-state index is 6.46. The molecule has 2 atom stereocenters. The smallest absolute Gasteiger partial charge is 0.127 e. The molecule has 1 N–H and O–H groups in total. The topological polar surface area (TPSA) is 39.7 Å². The van der Waals surface area contributed by atoms with Crippen molar-refractivity contribution in [2.24, 2.45) is 0 Å². The molecule has 1 saturated heterocycles. The van der Waals surface area contributed by atoms with Gasteiger partial charge in [-0.1, -0.05) is 42.5 Å². The van der Waals surface area contributed by atoms with Crippen molar-refractivity contribution in [2.75, 3.05) is 20.3 Å². The van der Waals surface area contributed by atoms with E-state index in [4.69, 9.17) is 14.2 Å². The van der Waals surface area contributed by atoms with E-state index in [1.54, 1.807) is 7.11 Å². The van der Waals surface area contributed by atoms with Crippen LogP contribution >= 0.6 is 0 Å². The number of nitrogens with one attached hydrogen (secondary N) is 1. The number of methoxy groups -OCH3 is 1. The van der Waals surface area contributed by atoms with Gasteiger partial charge in [0.05, 0.1) is 19.6 Å². The Labute approximate surface area is 196 Å². The zero-order valence-corrected chi connectivity index (χ0v) is 19.8. The van der Waals surface area contributed by atoms with E-state index < -0.39 is 0 Å². The molecule has 0 spiro atoms. The van der Waals surface area contributed by atoms with Crippen LogP contribution in [0.1, 0.15) is 50.2 Å². The van der Waals surface area contributed by atoms with Gasteiger partial charge in [-0.05, 0) is 75.0 Å². The lowest BCUT2D eigenvalue weighted by Gasteiger charge is -2.27. The summed E-state index contributed by atoms with van der Waals surface area (Å²) in [6.07, 6.45) is 3.57. The van der Waals surface area contributed by atoms with Gasteiger partial charge in [0, 0.05) is 17.2 Å². The SMILES string of the molecule is COc1ccc2c(c1-c1ccc(OCCC3CCCN3)cc1)C(c1ccccc1)C(C)(C)O2. The van der Waals surface area contributed by atoms with E-state index in [2.05, 4.69) is 73.8 Å². The van der Waals surface area contributed by atoms with Gasteiger partial charge in [-0.25, -0.2) is 0 Å². The average Bonchev–Trinajstić information content (AvgIpc) is 3.44. The molecule has 3 aromatic carbocycles. The Morgan fingerprint density at radius 2 is 1.79 bits per heavy atom. The van der Waals surface area contributed by atoms with E-state index in [1.807, 2.05) is 12.1 Å². The molecular formula is C29H33NO3. The van der Waals surface area contributed by atoms with Crippen LogP contribution in [0.5, 0.6) is 17.2 Å². The second-order valence-corrected chi connectivity index (χ2v) is 9.56. The molecule has 0 saturated carbocycles. The molecular weight excluding hydrogens is 410 g/mol. The van der Waals surface area contributed by atoms with Crippen LogP contribution in [0.3, 0.4) is 0 Å². The van der Waals surface area contributed by atoms with Gasteiger partial charge in [-0.2, -0.15) is 0 Å². The highest BCUT2D eigenvalue weighted by Crippen LogP contribution is 2.54. The Hall–Kier alpha value is -2.98. The lowest BCUT2D eigenvalue weighted by Crippen LogP contribution is -2.31. The summed E-state index contributed by atoms with van der Waals surface area (Å²) >= 11 is 0. The number of hydrogen-bond donors (Lipinski definition) is 1. The highest BCUT2D eigenvalue weighted by molar-refractivity contribution is 5.79. The quantitative estimate of drug-likeness (QED) is 0.473. The molecule has 0 amide bonds. The molecule has 0 radical (unpaired) electrons. The van der Waals surface area contributed by atoms with Crippen LogP contribution in [0.25, 0.3) is 11.1 Å². The molecule has 172 valence electrons. The summed E-state index contributed by atoms with van der Waals surface area (Å²) in [4.78, 5) is 0. The Balaban J connectivity index is 1.47. The lowest BCUT2D eigenvalue weighted by atomic mass is 9.78. The molecule has 2 heterocycles. The molecule has 3 aromatic rings. The molecule has 0 bridgehead atoms. The molecule has 0 aromatic heterocycles. The highest BCUT2D eigenvalue weighted by Gasteiger charge is 2.44. The highest BCUT2D eigenvalue weighted by atomic mass is 16.5. The minimum absolute atomic E-state index is 0.105. The predicted molar refractivity (Wildman–Crippen MR) is 133 cm³/mol. The van der Waals surface area contributed by atoms with E-state index >= 15 is 0 Å². The minimum atomic E-state index is -0.359. The second kappa shape index (κ2) is 9.11. The van der Waals surface area contributed by atoms with Gasteiger partial charge in [-0.15, -0.1) is 0 Å². The maximum Gasteiger partial charge on any atom is 0.127 e. The first-order valence-electron chi connectivity index (χ1n) is 12.0. The second-order valence-electron chi connectivity index (χ2n) is 9.56. The van der Waals surface area contributed by atoms with Crippen molar-refractivity contribution < 1.29 is 14.2 Å². The van der Waals surface area contributed by atoms with Gasteiger partial charge in [0.25, 0.3) is 0 Å². The molecule has 5 rings (SSSR count). The van der Waals surface area contributed by atoms with E-state index in [9.17, 15) is 0 Å². The van der Waals surface area contributed by atoms with E-state index in [1.165, 1.54) is 24.0 Å². The third kappa shape index (κ3) is 4.32. The molecule has 2 unspecified atom stereocenters. The number of fused-ring (bicyclic) bond motifs is 1. The van der Waals surface area contributed by atoms with Gasteiger partial charge in [0.15, 0.2) is 0 Å². The first kappa shape index (κ1) is 21.8. The van der Waals surface area contributed by atoms with E-state index in [0.29, 0.717) is 6.04 Å². The van der Waals surface area contributed by atoms with Crippen LogP contribution in [0, 0.1) is 0 Å². The van der Waals surface area contributed by atoms with Gasteiger partial charge in [0.2, 0.25) is 0 Å². The standard InChI is InChI=1S/C29H33NO3/c1-29(2)28(21-8-5-4-6-9-21)27-25(33-29)16-15-24(31-3)26(27)20-11-13-23(14-12-20)32-19-17-22-10-7-18-30-22/h4-6,8-9,11-16,22,28,30H,7,10,17-19H2,1-3H3. The van der Waals surface area contributed by atoms with Crippen molar-refractivity contribution in [1.82, 2.24) is 5.32 Å². The van der Waals surface area contributed by atoms with Crippen molar-refractivity contribution in [2.45, 2.75) is 50.7 Å². The summed E-state index contributed by atoms with van der Waals surface area (Å²) < 4.78 is 18.3. The van der Waals surface area contributed by atoms with Crippen molar-refractivity contribution in [3.63, 3.8) is 0 Å². The number of hydrogen-bond acceptors (Lipinski definition) is 4. The summed E-state index contributed by atoms with van der Waals surface area (Å²) in [5, 5.41) is 3.53. The molecule has 4 nitrogen and oxygen atoms in total. The fraction of sp³-hybridized carbons (Fsp3) is 0.379. The van der Waals surface area contributed by atoms with Crippen LogP contribution in [-0.2, 0) is 0 Å². The maximum absolute atomic E-state index is 6.46. The normalized spacial score (nSPS) is 20.8. The third-order valence-electron chi connectivity index (χ3n) is 6.92. The van der Waals surface area contributed by atoms with Crippen molar-refractivity contribution in [3.05, 3.63) is 77.9 Å². The van der Waals surface area contributed by atoms with Crippen LogP contribution in [0.4, 0.5) is 0 Å². The first-order chi connectivity index (χ1) is 16.1. The third-order valence-corrected chi connectivity index (χ3v) is 6.92. The van der Waals surface area contributed by atoms with Crippen LogP contribution < -0.4 is 19.5 Å². The summed E-state index contributed by atoms with van der Waals surface area (Å²) in [5.41, 5.74) is 4.27. The van der Waals surface area contributed by atoms with Crippen molar-refractivity contribution >= 4 is 0 Å². The summed E-state index contributed by atoms with van der Waals surface area (Å²) in [7, 11) is 1.73. The molecule has 1 fully saturated rings. The molecule has 0 aliphatic carbocycles. The van der Waals surface area contributed by atoms with Crippen LogP contribution in [-0.4, -0.2) is 31.9 Å². The van der Waals surface area contributed by atoms with Crippen molar-refractivity contribution in [1.29, 1.82) is 0 Å². The Morgan fingerprint density at radius 3 is 2.48 bits per heavy atom. The Morgan fingerprint density at radius 1 is 1.00 bits per heavy atom. The van der Waals surface area contributed by atoms with E-state index in [0.717, 1.165) is 47.9 Å². The Kier molecular flexibility index (Phi) is 6.03. The zero-order chi connectivity index (χ0) is 22.8. The van der Waals surface area contributed by atoms with E-state index in [-0.39, 0.29) is 11.5 Å². The predicted octanol–water partition coefficient (Wildman–Crippen LogP) is 6.19. The summed E-state index contributed by atoms with van der Waals surface area (Å²) in [6, 6.07) is 23.7. The monoisotopic (exact) mass is 443 g/mol. The fourth-order valence-electron chi connectivity index (χ4n) is 5.37. The summed E-state index contributed by atoms with van der Waals surface area (Å²) in [5.74, 6) is 2.79. The van der Waals surface area contributed by atoms with Crippen molar-refractivity contribution in [3.8, 4) is 28.4 Å². The minimum Gasteiger partial charge on any atom is -0.496 e. The fourth-order valence-corrected chi connectivity index (χ4v) is 5.37. The van der Waals surface area contributed by atoms with Gasteiger partial charge >= 0.3 is 0 Å². The number of rotatable bonds is 7. The molecule has 2 aliphatic rings. The molecule has 2 aliphatic heterocycles. The zero-order valence-electron chi connectivity index (χ0n) is 19.8. The average molecular weight is 444 g/mol. The first-order valence-corrected chi connectivity index (χ1v) is 12.0. The van der Waals surface area contributed by atoms with Crippen LogP contribution in [0.15, 0.2) is 66.7 Å². The van der Waals surface area contributed by atoms with Gasteiger partial charge in [-0.3, -0.25) is 0 Å². The molecule has 4 heteroatoms. The van der Waals surface area contributed by atoms with Crippen LogP contribution in [0.2, 0.25) is 0 Å². The molecule has 33 heavy (non-hydrogen) atoms. The van der Waals surface area contributed by atoms with Gasteiger partial charge in [0.1, 0.15) is 22.8 Å². The Bertz CT molecular complexity index is 1090. The lowest BCUT2D eigenvalue weighted by molar-refractivity contribution is 0.122.